The molecule has 0 radical (unpaired) electrons. The molecule has 2 aromatic heterocycles. The van der Waals surface area contributed by atoms with Crippen LogP contribution in [0.2, 0.25) is 0 Å². The van der Waals surface area contributed by atoms with Crippen molar-refractivity contribution in [2.75, 3.05) is 27.2 Å². The largest absolute Gasteiger partial charge is 0.369 e. The molecular weight excluding hydrogens is 342 g/mol. The average Bonchev–Trinajstić information content (AvgIpc) is 2.95. The van der Waals surface area contributed by atoms with Gasteiger partial charge in [0.1, 0.15) is 0 Å². The highest BCUT2D eigenvalue weighted by Gasteiger charge is 2.33. The number of rotatable bonds is 6. The molecule has 0 aliphatic carbocycles. The molecule has 2 aromatic rings. The van der Waals surface area contributed by atoms with Gasteiger partial charge in [-0.3, -0.25) is 14.5 Å². The summed E-state index contributed by atoms with van der Waals surface area (Å²) in [7, 11) is 5.91. The summed E-state index contributed by atoms with van der Waals surface area (Å²) in [5.74, 6) is -0.0215. The van der Waals surface area contributed by atoms with Crippen LogP contribution in [-0.4, -0.2) is 63.8 Å². The molecule has 27 heavy (non-hydrogen) atoms. The summed E-state index contributed by atoms with van der Waals surface area (Å²) in [5.41, 5.74) is 3.65. The third-order valence-electron chi connectivity index (χ3n) is 4.94. The fourth-order valence-electron chi connectivity index (χ4n) is 3.64. The zero-order chi connectivity index (χ0) is 19.6. The van der Waals surface area contributed by atoms with Gasteiger partial charge in [0.15, 0.2) is 5.69 Å². The van der Waals surface area contributed by atoms with E-state index in [1.807, 2.05) is 52.0 Å². The monoisotopic (exact) mass is 371 g/mol. The first-order valence-corrected chi connectivity index (χ1v) is 9.41. The number of aryl methyl sites for hydroxylation is 1. The molecule has 0 fully saturated rings. The van der Waals surface area contributed by atoms with Crippen molar-refractivity contribution < 1.29 is 9.53 Å². The van der Waals surface area contributed by atoms with Crippen LogP contribution in [0.25, 0.3) is 0 Å². The molecule has 2 atom stereocenters. The van der Waals surface area contributed by atoms with Crippen molar-refractivity contribution in [2.24, 2.45) is 7.05 Å². The smallest absolute Gasteiger partial charge is 0.274 e. The average molecular weight is 371 g/mol. The van der Waals surface area contributed by atoms with Gasteiger partial charge in [0, 0.05) is 51.1 Å². The van der Waals surface area contributed by atoms with E-state index in [9.17, 15) is 4.79 Å². The summed E-state index contributed by atoms with van der Waals surface area (Å²) in [6.45, 7) is 6.04. The molecule has 3 heterocycles. The number of fused-ring (bicyclic) bond motifs is 1. The number of ether oxygens (including phenoxy) is 1. The van der Waals surface area contributed by atoms with Gasteiger partial charge in [-0.2, -0.15) is 5.10 Å². The zero-order valence-electron chi connectivity index (χ0n) is 16.8. The highest BCUT2D eigenvalue weighted by molar-refractivity contribution is 5.94. The van der Waals surface area contributed by atoms with Crippen molar-refractivity contribution in [3.8, 4) is 0 Å². The molecule has 3 rings (SSSR count). The maximum atomic E-state index is 13.4. The lowest BCUT2D eigenvalue weighted by Crippen LogP contribution is -2.37. The van der Waals surface area contributed by atoms with Gasteiger partial charge in [-0.05, 0) is 45.6 Å². The first-order chi connectivity index (χ1) is 12.9. The molecule has 0 aromatic carbocycles. The van der Waals surface area contributed by atoms with Crippen molar-refractivity contribution in [3.63, 3.8) is 0 Å². The lowest BCUT2D eigenvalue weighted by molar-refractivity contribution is -0.00907. The molecular formula is C20H29N5O2. The Balaban J connectivity index is 1.91. The molecule has 1 aliphatic rings. The van der Waals surface area contributed by atoms with Gasteiger partial charge in [-0.25, -0.2) is 0 Å². The van der Waals surface area contributed by atoms with Crippen LogP contribution in [0.15, 0.2) is 24.5 Å². The third kappa shape index (κ3) is 4.36. The van der Waals surface area contributed by atoms with E-state index in [0.717, 1.165) is 23.4 Å². The van der Waals surface area contributed by atoms with Crippen molar-refractivity contribution in [2.45, 2.75) is 39.0 Å². The van der Waals surface area contributed by atoms with E-state index in [2.05, 4.69) is 15.0 Å². The summed E-state index contributed by atoms with van der Waals surface area (Å²) in [6.07, 6.45) is 4.25. The number of hydrogen-bond donors (Lipinski definition) is 0. The minimum atomic E-state index is -0.0572. The van der Waals surface area contributed by atoms with Crippen LogP contribution in [0.4, 0.5) is 0 Å². The SMILES string of the molecule is C[C@@H]1Cc2c(C(=O)N(CCN(C)C)Cc3ccncc3)nn(C)c2[C@H](C)O1. The number of likely N-dealkylation sites (N-methyl/N-ethyl adjacent to an activating group) is 1. The second kappa shape index (κ2) is 8.19. The summed E-state index contributed by atoms with van der Waals surface area (Å²) >= 11 is 0. The Labute approximate surface area is 160 Å². The van der Waals surface area contributed by atoms with Gasteiger partial charge < -0.3 is 14.5 Å². The van der Waals surface area contributed by atoms with Crippen LogP contribution in [0, 0.1) is 0 Å². The second-order valence-corrected chi connectivity index (χ2v) is 7.51. The molecule has 7 nitrogen and oxygen atoms in total. The maximum Gasteiger partial charge on any atom is 0.274 e. The number of aromatic nitrogens is 3. The molecule has 0 bridgehead atoms. The van der Waals surface area contributed by atoms with Gasteiger partial charge in [-0.15, -0.1) is 0 Å². The predicted molar refractivity (Wildman–Crippen MR) is 103 cm³/mol. The fourth-order valence-corrected chi connectivity index (χ4v) is 3.64. The van der Waals surface area contributed by atoms with Crippen LogP contribution < -0.4 is 0 Å². The van der Waals surface area contributed by atoms with Crippen LogP contribution >= 0.6 is 0 Å². The lowest BCUT2D eigenvalue weighted by Gasteiger charge is -2.27. The zero-order valence-corrected chi connectivity index (χ0v) is 16.8. The normalized spacial score (nSPS) is 19.2. The van der Waals surface area contributed by atoms with E-state index in [1.165, 1.54) is 0 Å². The summed E-state index contributed by atoms with van der Waals surface area (Å²) in [5, 5.41) is 4.59. The van der Waals surface area contributed by atoms with E-state index >= 15 is 0 Å². The fraction of sp³-hybridized carbons (Fsp3) is 0.550. The highest BCUT2D eigenvalue weighted by Crippen LogP contribution is 2.32. The Hall–Kier alpha value is -2.25. The lowest BCUT2D eigenvalue weighted by atomic mass is 9.99. The number of pyridine rings is 1. The molecule has 0 N–H and O–H groups in total. The van der Waals surface area contributed by atoms with E-state index in [4.69, 9.17) is 4.74 Å². The number of amides is 1. The quantitative estimate of drug-likeness (QED) is 0.778. The standard InChI is InChI=1S/C20H29N5O2/c1-14-12-17-18(22-24(5)19(17)15(2)27-14)20(26)25(11-10-23(3)4)13-16-6-8-21-9-7-16/h6-9,14-15H,10-13H2,1-5H3/t14-,15+/m1/s1. The first-order valence-electron chi connectivity index (χ1n) is 9.41. The van der Waals surface area contributed by atoms with Crippen LogP contribution in [-0.2, 0) is 24.8 Å². The molecule has 1 amide bonds. The Morgan fingerprint density at radius 3 is 2.63 bits per heavy atom. The van der Waals surface area contributed by atoms with Crippen LogP contribution in [0.5, 0.6) is 0 Å². The minimum Gasteiger partial charge on any atom is -0.369 e. The number of carbonyl (C=O) groups excluding carboxylic acids is 1. The summed E-state index contributed by atoms with van der Waals surface area (Å²) in [4.78, 5) is 21.5. The van der Waals surface area contributed by atoms with Gasteiger partial charge in [0.25, 0.3) is 5.91 Å². The van der Waals surface area contributed by atoms with Crippen molar-refractivity contribution >= 4 is 5.91 Å². The molecule has 0 spiro atoms. The third-order valence-corrected chi connectivity index (χ3v) is 4.94. The van der Waals surface area contributed by atoms with Crippen LogP contribution in [0.3, 0.4) is 0 Å². The summed E-state index contributed by atoms with van der Waals surface area (Å²) in [6, 6.07) is 3.89. The van der Waals surface area contributed by atoms with E-state index in [0.29, 0.717) is 25.2 Å². The maximum absolute atomic E-state index is 13.4. The topological polar surface area (TPSA) is 63.5 Å². The van der Waals surface area contributed by atoms with Gasteiger partial charge >= 0.3 is 0 Å². The number of nitrogens with zero attached hydrogens (tertiary/aromatic N) is 5. The first kappa shape index (κ1) is 19.5. The highest BCUT2D eigenvalue weighted by atomic mass is 16.5. The second-order valence-electron chi connectivity index (χ2n) is 7.51. The Kier molecular flexibility index (Phi) is 5.92. The Bertz CT molecular complexity index is 787. The van der Waals surface area contributed by atoms with Crippen molar-refractivity contribution in [3.05, 3.63) is 47.0 Å². The van der Waals surface area contributed by atoms with Crippen LogP contribution in [0.1, 0.15) is 47.3 Å². The van der Waals surface area contributed by atoms with Gasteiger partial charge in [-0.1, -0.05) is 0 Å². The van der Waals surface area contributed by atoms with Gasteiger partial charge in [0.05, 0.1) is 17.9 Å². The number of carbonyl (C=O) groups is 1. The predicted octanol–water partition coefficient (Wildman–Crippen LogP) is 2.04. The van der Waals surface area contributed by atoms with E-state index in [1.54, 1.807) is 17.1 Å². The Morgan fingerprint density at radius 2 is 1.96 bits per heavy atom. The summed E-state index contributed by atoms with van der Waals surface area (Å²) < 4.78 is 7.72. The molecule has 7 heteroatoms. The van der Waals surface area contributed by atoms with Crippen molar-refractivity contribution in [1.29, 1.82) is 0 Å². The number of hydrogen-bond acceptors (Lipinski definition) is 5. The molecule has 0 unspecified atom stereocenters. The Morgan fingerprint density at radius 1 is 1.26 bits per heavy atom. The van der Waals surface area contributed by atoms with E-state index in [-0.39, 0.29) is 18.1 Å². The minimum absolute atomic E-state index is 0.0215. The van der Waals surface area contributed by atoms with Crippen molar-refractivity contribution in [1.82, 2.24) is 24.6 Å². The van der Waals surface area contributed by atoms with E-state index < -0.39 is 0 Å². The molecule has 1 aliphatic heterocycles. The molecule has 0 saturated heterocycles. The van der Waals surface area contributed by atoms with Gasteiger partial charge in [0.2, 0.25) is 0 Å². The molecule has 146 valence electrons. The molecule has 0 saturated carbocycles.